The highest BCUT2D eigenvalue weighted by atomic mass is 79.9. The van der Waals surface area contributed by atoms with Gasteiger partial charge in [-0.05, 0) is 51.3 Å². The van der Waals surface area contributed by atoms with Crippen molar-refractivity contribution in [3.8, 4) is 11.5 Å². The summed E-state index contributed by atoms with van der Waals surface area (Å²) in [4.78, 5) is 0. The quantitative estimate of drug-likeness (QED) is 0.597. The Morgan fingerprint density at radius 2 is 2.05 bits per heavy atom. The van der Waals surface area contributed by atoms with E-state index >= 15 is 0 Å². The van der Waals surface area contributed by atoms with Gasteiger partial charge in [0, 0.05) is 22.3 Å². The van der Waals surface area contributed by atoms with Gasteiger partial charge in [0.25, 0.3) is 0 Å². The molecule has 2 aromatic carbocycles. The van der Waals surface area contributed by atoms with Crippen LogP contribution in [0.5, 0.6) is 11.5 Å². The van der Waals surface area contributed by atoms with Crippen molar-refractivity contribution in [1.29, 1.82) is 0 Å². The Hall–Kier alpha value is -0.710. The smallest absolute Gasteiger partial charge is 0.134 e. The van der Waals surface area contributed by atoms with E-state index in [1.165, 1.54) is 5.56 Å². The average Bonchev–Trinajstić information content (AvgIpc) is 2.93. The second-order valence-electron chi connectivity index (χ2n) is 4.84. The van der Waals surface area contributed by atoms with Crippen LogP contribution < -0.4 is 9.47 Å². The molecule has 0 aliphatic carbocycles. The zero-order valence-corrected chi connectivity index (χ0v) is 15.1. The van der Waals surface area contributed by atoms with E-state index in [0.717, 1.165) is 44.6 Å². The van der Waals surface area contributed by atoms with Gasteiger partial charge in [-0.2, -0.15) is 0 Å². The van der Waals surface area contributed by atoms with Crippen LogP contribution in [-0.2, 0) is 18.9 Å². The third-order valence-electron chi connectivity index (χ3n) is 3.36. The van der Waals surface area contributed by atoms with Crippen molar-refractivity contribution in [2.24, 2.45) is 0 Å². The molecule has 1 aliphatic heterocycles. The van der Waals surface area contributed by atoms with Crippen molar-refractivity contribution in [2.75, 3.05) is 6.61 Å². The summed E-state index contributed by atoms with van der Waals surface area (Å²) in [7, 11) is 0. The van der Waals surface area contributed by atoms with E-state index in [1.807, 2.05) is 24.3 Å². The van der Waals surface area contributed by atoms with Crippen molar-refractivity contribution in [3.63, 3.8) is 0 Å². The van der Waals surface area contributed by atoms with Gasteiger partial charge in [0.15, 0.2) is 0 Å². The summed E-state index contributed by atoms with van der Waals surface area (Å²) in [6, 6.07) is 10.0. The molecule has 0 saturated carbocycles. The van der Waals surface area contributed by atoms with Crippen molar-refractivity contribution in [2.45, 2.75) is 18.9 Å². The van der Waals surface area contributed by atoms with E-state index in [2.05, 4.69) is 37.9 Å². The molecule has 0 amide bonds. The first-order valence-corrected chi connectivity index (χ1v) is 8.70. The van der Waals surface area contributed by atoms with Crippen LogP contribution in [0.15, 0.2) is 39.3 Å². The molecular formula is C16H13Br2ClO2. The maximum absolute atomic E-state index is 5.91. The maximum Gasteiger partial charge on any atom is 0.134 e. The van der Waals surface area contributed by atoms with Crippen molar-refractivity contribution in [1.82, 2.24) is 0 Å². The molecule has 1 heterocycles. The minimum absolute atomic E-state index is 0.473. The van der Waals surface area contributed by atoms with Gasteiger partial charge < -0.3 is 9.47 Å². The van der Waals surface area contributed by atoms with Crippen LogP contribution in [0.4, 0.5) is 0 Å². The Morgan fingerprint density at radius 1 is 1.19 bits per heavy atom. The second-order valence-corrected chi connectivity index (χ2v) is 6.88. The zero-order valence-electron chi connectivity index (χ0n) is 11.2. The lowest BCUT2D eigenvalue weighted by atomic mass is 10.1. The van der Waals surface area contributed by atoms with Gasteiger partial charge in [-0.1, -0.05) is 22.0 Å². The second kappa shape index (κ2) is 6.59. The Balaban J connectivity index is 1.79. The molecule has 1 aliphatic rings. The average molecular weight is 433 g/mol. The number of hydrogen-bond donors (Lipinski definition) is 0. The normalized spacial score (nSPS) is 12.9. The summed E-state index contributed by atoms with van der Waals surface area (Å²) in [5.74, 6) is 2.26. The zero-order chi connectivity index (χ0) is 14.8. The highest BCUT2D eigenvalue weighted by Crippen LogP contribution is 2.34. The molecule has 3 rings (SSSR count). The highest BCUT2D eigenvalue weighted by Gasteiger charge is 2.18. The molecule has 0 radical (unpaired) electrons. The van der Waals surface area contributed by atoms with Gasteiger partial charge in [0.1, 0.15) is 18.1 Å². The van der Waals surface area contributed by atoms with Gasteiger partial charge in [0.05, 0.1) is 11.1 Å². The standard InChI is InChI=1S/C16H13Br2ClO2/c17-13-6-11-3-4-20-16(11)12(7-13)9-21-15-2-1-10(8-19)5-14(15)18/h1-2,5-7H,3-4,8-9H2. The van der Waals surface area contributed by atoms with E-state index in [1.54, 1.807) is 0 Å². The summed E-state index contributed by atoms with van der Waals surface area (Å²) in [5.41, 5.74) is 3.35. The van der Waals surface area contributed by atoms with Crippen LogP contribution in [0.25, 0.3) is 0 Å². The predicted molar refractivity (Wildman–Crippen MR) is 91.4 cm³/mol. The lowest BCUT2D eigenvalue weighted by Gasteiger charge is -2.12. The fraction of sp³-hybridized carbons (Fsp3) is 0.250. The first-order chi connectivity index (χ1) is 10.2. The van der Waals surface area contributed by atoms with Gasteiger partial charge in [-0.15, -0.1) is 11.6 Å². The maximum atomic E-state index is 5.91. The number of alkyl halides is 1. The van der Waals surface area contributed by atoms with E-state index in [-0.39, 0.29) is 0 Å². The van der Waals surface area contributed by atoms with Crippen LogP contribution in [-0.4, -0.2) is 6.61 Å². The first kappa shape index (κ1) is 15.2. The number of rotatable bonds is 4. The Bertz CT molecular complexity index is 674. The molecule has 0 saturated heterocycles. The van der Waals surface area contributed by atoms with Crippen LogP contribution in [0.2, 0.25) is 0 Å². The molecule has 0 N–H and O–H groups in total. The van der Waals surface area contributed by atoms with Gasteiger partial charge >= 0.3 is 0 Å². The van der Waals surface area contributed by atoms with Gasteiger partial charge in [0.2, 0.25) is 0 Å². The predicted octanol–water partition coefficient (Wildman–Crippen LogP) is 5.46. The number of hydrogen-bond acceptors (Lipinski definition) is 2. The number of fused-ring (bicyclic) bond motifs is 1. The molecule has 2 nitrogen and oxygen atoms in total. The SMILES string of the molecule is ClCc1ccc(OCc2cc(Br)cc3c2OCC3)c(Br)c1. The Kier molecular flexibility index (Phi) is 4.77. The monoisotopic (exact) mass is 430 g/mol. The van der Waals surface area contributed by atoms with E-state index in [0.29, 0.717) is 12.5 Å². The van der Waals surface area contributed by atoms with Crippen LogP contribution in [0.3, 0.4) is 0 Å². The Labute approximate surface area is 145 Å². The van der Waals surface area contributed by atoms with E-state index < -0.39 is 0 Å². The molecular weight excluding hydrogens is 419 g/mol. The third kappa shape index (κ3) is 3.38. The van der Waals surface area contributed by atoms with Crippen LogP contribution in [0, 0.1) is 0 Å². The van der Waals surface area contributed by atoms with Crippen molar-refractivity contribution >= 4 is 43.5 Å². The fourth-order valence-corrected chi connectivity index (χ4v) is 3.61. The minimum Gasteiger partial charge on any atom is -0.493 e. The van der Waals surface area contributed by atoms with Crippen LogP contribution in [0.1, 0.15) is 16.7 Å². The molecule has 0 fully saturated rings. The van der Waals surface area contributed by atoms with Crippen molar-refractivity contribution < 1.29 is 9.47 Å². The van der Waals surface area contributed by atoms with Gasteiger partial charge in [-0.3, -0.25) is 0 Å². The molecule has 5 heteroatoms. The third-order valence-corrected chi connectivity index (χ3v) is 4.75. The molecule has 0 bridgehead atoms. The first-order valence-electron chi connectivity index (χ1n) is 6.58. The largest absolute Gasteiger partial charge is 0.493 e. The lowest BCUT2D eigenvalue weighted by molar-refractivity contribution is 0.290. The molecule has 0 atom stereocenters. The summed E-state index contributed by atoms with van der Waals surface area (Å²) in [6.45, 7) is 1.22. The highest BCUT2D eigenvalue weighted by molar-refractivity contribution is 9.10. The molecule has 110 valence electrons. The van der Waals surface area contributed by atoms with Crippen molar-refractivity contribution in [3.05, 3.63) is 56.0 Å². The molecule has 0 spiro atoms. The van der Waals surface area contributed by atoms with E-state index in [9.17, 15) is 0 Å². The summed E-state index contributed by atoms with van der Waals surface area (Å²) >= 11 is 12.9. The topological polar surface area (TPSA) is 18.5 Å². The molecule has 2 aromatic rings. The van der Waals surface area contributed by atoms with Crippen LogP contribution >= 0.6 is 43.5 Å². The number of halogens is 3. The number of benzene rings is 2. The number of ether oxygens (including phenoxy) is 2. The fourth-order valence-electron chi connectivity index (χ4n) is 2.35. The molecule has 21 heavy (non-hydrogen) atoms. The lowest BCUT2D eigenvalue weighted by Crippen LogP contribution is -1.99. The van der Waals surface area contributed by atoms with E-state index in [4.69, 9.17) is 21.1 Å². The summed E-state index contributed by atoms with van der Waals surface area (Å²) in [5, 5.41) is 0. The molecule has 0 unspecified atom stereocenters. The minimum atomic E-state index is 0.473. The Morgan fingerprint density at radius 3 is 2.81 bits per heavy atom. The molecule has 0 aromatic heterocycles. The summed E-state index contributed by atoms with van der Waals surface area (Å²) < 4.78 is 13.6. The summed E-state index contributed by atoms with van der Waals surface area (Å²) in [6.07, 6.45) is 0.954. The van der Waals surface area contributed by atoms with Gasteiger partial charge in [-0.25, -0.2) is 0 Å².